The Morgan fingerprint density at radius 1 is 0.839 bits per heavy atom. The third-order valence-corrected chi connectivity index (χ3v) is 4.75. The molecule has 7 nitrogen and oxygen atoms in total. The second kappa shape index (κ2) is 11.9. The maximum absolute atomic E-state index is 12.7. The highest BCUT2D eigenvalue weighted by Crippen LogP contribution is 2.13. The van der Waals surface area contributed by atoms with E-state index in [0.29, 0.717) is 6.54 Å². The molecule has 166 valence electrons. The molecule has 7 heteroatoms. The van der Waals surface area contributed by atoms with Crippen LogP contribution in [0.5, 0.6) is 0 Å². The number of anilines is 2. The van der Waals surface area contributed by atoms with Crippen LogP contribution < -0.4 is 10.6 Å². The van der Waals surface area contributed by atoms with Crippen molar-refractivity contribution in [1.29, 1.82) is 0 Å². The number of amides is 3. The van der Waals surface area contributed by atoms with E-state index >= 15 is 0 Å². The molecule has 0 aromatic heterocycles. The van der Waals surface area contributed by atoms with Gasteiger partial charge in [-0.2, -0.15) is 0 Å². The minimum Gasteiger partial charge on any atom is -0.332 e. The van der Waals surface area contributed by atoms with Crippen LogP contribution in [0.25, 0.3) is 0 Å². The van der Waals surface area contributed by atoms with Gasteiger partial charge in [0.1, 0.15) is 0 Å². The van der Waals surface area contributed by atoms with Gasteiger partial charge in [-0.15, -0.1) is 0 Å². The van der Waals surface area contributed by atoms with Crippen molar-refractivity contribution in [2.75, 3.05) is 43.9 Å². The Balaban J connectivity index is 1.87. The SMILES string of the molecule is CCCN(CC(=O)Nc1ccccc1C)C(=O)CN(C)CC(=O)Nc1ccc(C)cc1. The smallest absolute Gasteiger partial charge is 0.244 e. The molecular weight excluding hydrogens is 392 g/mol. The lowest BCUT2D eigenvalue weighted by Crippen LogP contribution is -2.44. The maximum atomic E-state index is 12.7. The number of hydrogen-bond acceptors (Lipinski definition) is 4. The van der Waals surface area contributed by atoms with Crippen LogP contribution in [0.2, 0.25) is 0 Å². The molecule has 31 heavy (non-hydrogen) atoms. The summed E-state index contributed by atoms with van der Waals surface area (Å²) in [6.45, 7) is 6.44. The first kappa shape index (κ1) is 24.1. The van der Waals surface area contributed by atoms with Crippen LogP contribution in [0.1, 0.15) is 24.5 Å². The van der Waals surface area contributed by atoms with Gasteiger partial charge in [0.15, 0.2) is 0 Å². The molecule has 2 rings (SSSR count). The number of nitrogens with one attached hydrogen (secondary N) is 2. The van der Waals surface area contributed by atoms with Gasteiger partial charge in [-0.3, -0.25) is 19.3 Å². The van der Waals surface area contributed by atoms with Crippen molar-refractivity contribution in [2.45, 2.75) is 27.2 Å². The second-order valence-corrected chi connectivity index (χ2v) is 7.76. The van der Waals surface area contributed by atoms with Crippen molar-refractivity contribution < 1.29 is 14.4 Å². The van der Waals surface area contributed by atoms with Crippen LogP contribution >= 0.6 is 0 Å². The lowest BCUT2D eigenvalue weighted by molar-refractivity contribution is -0.135. The number of likely N-dealkylation sites (N-methyl/N-ethyl adjacent to an activating group) is 1. The molecule has 0 saturated carbocycles. The third kappa shape index (κ3) is 8.22. The number of aryl methyl sites for hydroxylation is 2. The number of carbonyl (C=O) groups excluding carboxylic acids is 3. The Labute approximate surface area is 184 Å². The number of para-hydroxylation sites is 1. The van der Waals surface area contributed by atoms with Gasteiger partial charge in [0, 0.05) is 17.9 Å². The van der Waals surface area contributed by atoms with Crippen LogP contribution in [0.3, 0.4) is 0 Å². The van der Waals surface area contributed by atoms with Crippen LogP contribution in [-0.4, -0.2) is 60.7 Å². The molecule has 2 N–H and O–H groups in total. The zero-order valence-electron chi connectivity index (χ0n) is 18.8. The molecule has 0 heterocycles. The van der Waals surface area contributed by atoms with Gasteiger partial charge in [0.25, 0.3) is 0 Å². The van der Waals surface area contributed by atoms with E-state index in [4.69, 9.17) is 0 Å². The summed E-state index contributed by atoms with van der Waals surface area (Å²) < 4.78 is 0. The molecule has 0 fully saturated rings. The number of benzene rings is 2. The summed E-state index contributed by atoms with van der Waals surface area (Å²) in [5, 5.41) is 5.68. The standard InChI is InChI=1S/C24H32N4O3/c1-5-14-28(16-23(30)26-21-9-7-6-8-19(21)3)24(31)17-27(4)15-22(29)25-20-12-10-18(2)11-13-20/h6-13H,5,14-17H2,1-4H3,(H,25,29)(H,26,30). The third-order valence-electron chi connectivity index (χ3n) is 4.75. The first-order valence-corrected chi connectivity index (χ1v) is 10.5. The summed E-state index contributed by atoms with van der Waals surface area (Å²) in [6.07, 6.45) is 0.737. The molecule has 0 aliphatic carbocycles. The quantitative estimate of drug-likeness (QED) is 0.614. The molecule has 3 amide bonds. The van der Waals surface area contributed by atoms with Crippen molar-refractivity contribution in [2.24, 2.45) is 0 Å². The van der Waals surface area contributed by atoms with E-state index in [9.17, 15) is 14.4 Å². The predicted molar refractivity (Wildman–Crippen MR) is 124 cm³/mol. The molecule has 0 spiro atoms. The Morgan fingerprint density at radius 2 is 1.48 bits per heavy atom. The molecule has 0 atom stereocenters. The average molecular weight is 425 g/mol. The van der Waals surface area contributed by atoms with Crippen LogP contribution in [0.15, 0.2) is 48.5 Å². The van der Waals surface area contributed by atoms with Crippen molar-refractivity contribution >= 4 is 29.1 Å². The molecule has 0 aliphatic rings. The van der Waals surface area contributed by atoms with Gasteiger partial charge in [-0.05, 0) is 51.1 Å². The lowest BCUT2D eigenvalue weighted by atomic mass is 10.2. The summed E-state index contributed by atoms with van der Waals surface area (Å²) in [5.41, 5.74) is 3.53. The lowest BCUT2D eigenvalue weighted by Gasteiger charge is -2.24. The van der Waals surface area contributed by atoms with E-state index in [1.807, 2.05) is 69.3 Å². The molecule has 2 aromatic rings. The molecule has 0 bridgehead atoms. The molecular formula is C24H32N4O3. The Hall–Kier alpha value is -3.19. The van der Waals surface area contributed by atoms with Crippen molar-refractivity contribution in [3.63, 3.8) is 0 Å². The van der Waals surface area contributed by atoms with E-state index < -0.39 is 0 Å². The molecule has 0 aliphatic heterocycles. The first-order valence-electron chi connectivity index (χ1n) is 10.5. The number of hydrogen-bond donors (Lipinski definition) is 2. The summed E-state index contributed by atoms with van der Waals surface area (Å²) >= 11 is 0. The van der Waals surface area contributed by atoms with Gasteiger partial charge in [-0.25, -0.2) is 0 Å². The average Bonchev–Trinajstić information content (AvgIpc) is 2.71. The fourth-order valence-electron chi connectivity index (χ4n) is 3.11. The minimum absolute atomic E-state index is 0.0234. The number of nitrogens with zero attached hydrogens (tertiary/aromatic N) is 2. The van der Waals surface area contributed by atoms with Gasteiger partial charge in [-0.1, -0.05) is 42.8 Å². The molecule has 2 aromatic carbocycles. The van der Waals surface area contributed by atoms with Gasteiger partial charge < -0.3 is 15.5 Å². The van der Waals surface area contributed by atoms with Gasteiger partial charge in [0.2, 0.25) is 17.7 Å². The summed E-state index contributed by atoms with van der Waals surface area (Å²) in [5.74, 6) is -0.623. The van der Waals surface area contributed by atoms with Crippen LogP contribution in [-0.2, 0) is 14.4 Å². The summed E-state index contributed by atoms with van der Waals surface area (Å²) in [7, 11) is 1.71. The molecule has 0 radical (unpaired) electrons. The first-order chi connectivity index (χ1) is 14.8. The van der Waals surface area contributed by atoms with Gasteiger partial charge in [0.05, 0.1) is 19.6 Å². The van der Waals surface area contributed by atoms with Gasteiger partial charge >= 0.3 is 0 Å². The fourth-order valence-corrected chi connectivity index (χ4v) is 3.11. The van der Waals surface area contributed by atoms with Crippen LogP contribution in [0.4, 0.5) is 11.4 Å². The topological polar surface area (TPSA) is 81.8 Å². The number of rotatable bonds is 10. The van der Waals surface area contributed by atoms with E-state index in [2.05, 4.69) is 10.6 Å². The predicted octanol–water partition coefficient (Wildman–Crippen LogP) is 3.05. The van der Waals surface area contributed by atoms with E-state index in [1.54, 1.807) is 11.9 Å². The van der Waals surface area contributed by atoms with E-state index in [0.717, 1.165) is 28.9 Å². The Bertz CT molecular complexity index is 896. The van der Waals surface area contributed by atoms with E-state index in [-0.39, 0.29) is 37.4 Å². The second-order valence-electron chi connectivity index (χ2n) is 7.76. The van der Waals surface area contributed by atoms with Crippen LogP contribution in [0, 0.1) is 13.8 Å². The molecule has 0 saturated heterocycles. The van der Waals surface area contributed by atoms with E-state index in [1.165, 1.54) is 4.90 Å². The minimum atomic E-state index is -0.240. The summed E-state index contributed by atoms with van der Waals surface area (Å²) in [4.78, 5) is 40.6. The number of carbonyl (C=O) groups is 3. The highest BCUT2D eigenvalue weighted by Gasteiger charge is 2.19. The maximum Gasteiger partial charge on any atom is 0.244 e. The normalized spacial score (nSPS) is 10.6. The zero-order chi connectivity index (χ0) is 22.8. The summed E-state index contributed by atoms with van der Waals surface area (Å²) in [6, 6.07) is 15.0. The highest BCUT2D eigenvalue weighted by atomic mass is 16.2. The Kier molecular flexibility index (Phi) is 9.21. The van der Waals surface area contributed by atoms with Crippen molar-refractivity contribution in [1.82, 2.24) is 9.80 Å². The largest absolute Gasteiger partial charge is 0.332 e. The zero-order valence-corrected chi connectivity index (χ0v) is 18.8. The molecule has 0 unspecified atom stereocenters. The Morgan fingerprint density at radius 3 is 2.13 bits per heavy atom. The van der Waals surface area contributed by atoms with Crippen molar-refractivity contribution in [3.05, 3.63) is 59.7 Å². The fraction of sp³-hybridized carbons (Fsp3) is 0.375. The highest BCUT2D eigenvalue weighted by molar-refractivity contribution is 5.95. The van der Waals surface area contributed by atoms with Crippen molar-refractivity contribution in [3.8, 4) is 0 Å². The monoisotopic (exact) mass is 424 g/mol.